The number of amides is 1. The highest BCUT2D eigenvalue weighted by Crippen LogP contribution is 2.35. The summed E-state index contributed by atoms with van der Waals surface area (Å²) in [6, 6.07) is 3.83. The van der Waals surface area contributed by atoms with Gasteiger partial charge in [-0.05, 0) is 56.2 Å². The Labute approximate surface area is 202 Å². The first-order valence-corrected chi connectivity index (χ1v) is 12.8. The van der Waals surface area contributed by atoms with Crippen LogP contribution in [0.4, 0.5) is 5.82 Å². The molecule has 5 rings (SSSR count). The summed E-state index contributed by atoms with van der Waals surface area (Å²) in [4.78, 5) is 36.0. The first-order valence-electron chi connectivity index (χ1n) is 11.6. The maximum absolute atomic E-state index is 13.6. The smallest absolute Gasteiger partial charge is 0.267 e. The molecule has 5 heterocycles. The number of nitrogens with zero attached hydrogens (tertiary/aromatic N) is 4. The van der Waals surface area contributed by atoms with E-state index in [1.165, 1.54) is 11.8 Å². The molecular formula is C24H28N4O3S2. The van der Waals surface area contributed by atoms with Crippen LogP contribution in [0.15, 0.2) is 28.0 Å². The fourth-order valence-corrected chi connectivity index (χ4v) is 5.87. The fourth-order valence-electron chi connectivity index (χ4n) is 4.62. The molecule has 3 aliphatic rings. The van der Waals surface area contributed by atoms with Gasteiger partial charge in [0.15, 0.2) is 0 Å². The maximum atomic E-state index is 13.6. The quantitative estimate of drug-likeness (QED) is 0.485. The second-order valence-corrected chi connectivity index (χ2v) is 10.9. The largest absolute Gasteiger partial charge is 0.376 e. The maximum Gasteiger partial charge on any atom is 0.267 e. The van der Waals surface area contributed by atoms with E-state index >= 15 is 0 Å². The molecule has 9 heteroatoms. The summed E-state index contributed by atoms with van der Waals surface area (Å²) in [6.45, 7) is 7.08. The van der Waals surface area contributed by atoms with Gasteiger partial charge in [-0.1, -0.05) is 37.0 Å². The number of ether oxygens (including phenoxy) is 1. The zero-order valence-electron chi connectivity index (χ0n) is 19.0. The molecule has 0 radical (unpaired) electrons. The molecule has 1 atom stereocenters. The van der Waals surface area contributed by atoms with Crippen molar-refractivity contribution in [1.82, 2.24) is 14.3 Å². The van der Waals surface area contributed by atoms with Gasteiger partial charge in [0.05, 0.1) is 23.1 Å². The molecule has 0 N–H and O–H groups in total. The summed E-state index contributed by atoms with van der Waals surface area (Å²) >= 11 is 6.76. The minimum Gasteiger partial charge on any atom is -0.376 e. The van der Waals surface area contributed by atoms with Gasteiger partial charge in [0, 0.05) is 25.9 Å². The van der Waals surface area contributed by atoms with Crippen LogP contribution in [0, 0.1) is 12.8 Å². The third-order valence-corrected chi connectivity index (χ3v) is 8.01. The van der Waals surface area contributed by atoms with Gasteiger partial charge in [-0.15, -0.1) is 0 Å². The van der Waals surface area contributed by atoms with Crippen molar-refractivity contribution in [2.75, 3.05) is 31.1 Å². The Bertz CT molecular complexity index is 1190. The highest BCUT2D eigenvalue weighted by molar-refractivity contribution is 8.26. The highest BCUT2D eigenvalue weighted by atomic mass is 32.2. The summed E-state index contributed by atoms with van der Waals surface area (Å²) in [5.41, 5.74) is 1.87. The van der Waals surface area contributed by atoms with Crippen molar-refractivity contribution in [3.8, 4) is 0 Å². The lowest BCUT2D eigenvalue weighted by atomic mass is 9.99. The van der Waals surface area contributed by atoms with Gasteiger partial charge in [-0.3, -0.25) is 18.9 Å². The summed E-state index contributed by atoms with van der Waals surface area (Å²) in [5, 5.41) is 0. The number of carbonyl (C=O) groups is 1. The molecule has 0 bridgehead atoms. The van der Waals surface area contributed by atoms with Crippen LogP contribution >= 0.6 is 24.0 Å². The van der Waals surface area contributed by atoms with Crippen LogP contribution in [0.5, 0.6) is 0 Å². The van der Waals surface area contributed by atoms with E-state index < -0.39 is 0 Å². The average molecular weight is 485 g/mol. The minimum atomic E-state index is -0.165. The molecule has 1 unspecified atom stereocenters. The average Bonchev–Trinajstić information content (AvgIpc) is 3.41. The van der Waals surface area contributed by atoms with E-state index in [0.717, 1.165) is 50.9 Å². The molecule has 0 aromatic carbocycles. The molecule has 2 aromatic heterocycles. The Morgan fingerprint density at radius 2 is 2.03 bits per heavy atom. The van der Waals surface area contributed by atoms with E-state index in [9.17, 15) is 9.59 Å². The van der Waals surface area contributed by atoms with E-state index in [1.807, 2.05) is 19.1 Å². The van der Waals surface area contributed by atoms with Gasteiger partial charge in [-0.25, -0.2) is 4.98 Å². The van der Waals surface area contributed by atoms with Crippen molar-refractivity contribution in [3.05, 3.63) is 44.7 Å². The van der Waals surface area contributed by atoms with Gasteiger partial charge in [0.2, 0.25) is 0 Å². The summed E-state index contributed by atoms with van der Waals surface area (Å²) < 4.78 is 7.79. The van der Waals surface area contributed by atoms with Gasteiger partial charge >= 0.3 is 0 Å². The van der Waals surface area contributed by atoms with Crippen molar-refractivity contribution >= 4 is 51.7 Å². The van der Waals surface area contributed by atoms with Crippen molar-refractivity contribution in [2.24, 2.45) is 5.92 Å². The first-order chi connectivity index (χ1) is 15.9. The normalized spacial score (nSPS) is 23.5. The Balaban J connectivity index is 1.56. The molecule has 0 spiro atoms. The highest BCUT2D eigenvalue weighted by Gasteiger charge is 2.35. The van der Waals surface area contributed by atoms with Crippen LogP contribution in [0.25, 0.3) is 11.7 Å². The Morgan fingerprint density at radius 1 is 1.24 bits per heavy atom. The second-order valence-electron chi connectivity index (χ2n) is 9.19. The van der Waals surface area contributed by atoms with E-state index in [4.69, 9.17) is 21.9 Å². The van der Waals surface area contributed by atoms with E-state index in [1.54, 1.807) is 21.6 Å². The molecule has 0 aliphatic carbocycles. The lowest BCUT2D eigenvalue weighted by Gasteiger charge is -2.32. The number of piperidine rings is 1. The van der Waals surface area contributed by atoms with Gasteiger partial charge in [-0.2, -0.15) is 0 Å². The SMILES string of the molecule is Cc1ccc2nc(N3CCC(C)CC3)c(C=C3SC(=S)N(CC4CCCO4)C3=O)c(=O)n2c1. The van der Waals surface area contributed by atoms with Crippen molar-refractivity contribution < 1.29 is 9.53 Å². The van der Waals surface area contributed by atoms with E-state index in [-0.39, 0.29) is 17.6 Å². The lowest BCUT2D eigenvalue weighted by molar-refractivity contribution is -0.123. The van der Waals surface area contributed by atoms with E-state index in [2.05, 4.69) is 11.8 Å². The number of carbonyl (C=O) groups excluding carboxylic acids is 1. The number of thiocarbonyl (C=S) groups is 1. The van der Waals surface area contributed by atoms with Gasteiger partial charge in [0.25, 0.3) is 11.5 Å². The minimum absolute atomic E-state index is 0.0219. The lowest BCUT2D eigenvalue weighted by Crippen LogP contribution is -2.36. The summed E-state index contributed by atoms with van der Waals surface area (Å²) in [5.74, 6) is 1.15. The molecule has 7 nitrogen and oxygen atoms in total. The van der Waals surface area contributed by atoms with Crippen LogP contribution in [-0.4, -0.2) is 56.9 Å². The topological polar surface area (TPSA) is 67.2 Å². The molecule has 3 fully saturated rings. The number of anilines is 1. The Hall–Kier alpha value is -2.23. The molecule has 0 saturated carbocycles. The third-order valence-electron chi connectivity index (χ3n) is 6.63. The third kappa shape index (κ3) is 4.46. The number of hydrogen-bond donors (Lipinski definition) is 0. The van der Waals surface area contributed by atoms with Crippen LogP contribution in [0.3, 0.4) is 0 Å². The van der Waals surface area contributed by atoms with Crippen molar-refractivity contribution in [2.45, 2.75) is 45.6 Å². The second kappa shape index (κ2) is 9.19. The number of aromatic nitrogens is 2. The zero-order valence-corrected chi connectivity index (χ0v) is 20.6. The Morgan fingerprint density at radius 3 is 2.76 bits per heavy atom. The monoisotopic (exact) mass is 484 g/mol. The standard InChI is InChI=1S/C24H28N4O3S2/c1-15-7-9-26(10-8-15)21-18(22(29)27-13-16(2)5-6-20(27)25-21)12-19-23(30)28(24(32)33-19)14-17-4-3-11-31-17/h5-6,12-13,15,17H,3-4,7-11,14H2,1-2H3. The number of hydrogen-bond acceptors (Lipinski definition) is 7. The van der Waals surface area contributed by atoms with Crippen molar-refractivity contribution in [3.63, 3.8) is 0 Å². The molecule has 3 aliphatic heterocycles. The van der Waals surface area contributed by atoms with Gasteiger partial charge < -0.3 is 9.64 Å². The van der Waals surface area contributed by atoms with Crippen LogP contribution in [-0.2, 0) is 9.53 Å². The summed E-state index contributed by atoms with van der Waals surface area (Å²) in [6.07, 6.45) is 7.57. The summed E-state index contributed by atoms with van der Waals surface area (Å²) in [7, 11) is 0. The molecule has 33 heavy (non-hydrogen) atoms. The molecule has 3 saturated heterocycles. The van der Waals surface area contributed by atoms with Crippen LogP contribution in [0.1, 0.15) is 43.7 Å². The predicted octanol–water partition coefficient (Wildman–Crippen LogP) is 3.62. The number of pyridine rings is 1. The number of thioether (sulfide) groups is 1. The molecule has 2 aromatic rings. The number of rotatable bonds is 4. The fraction of sp³-hybridized carbons (Fsp3) is 0.500. The number of aryl methyl sites for hydroxylation is 1. The first kappa shape index (κ1) is 22.6. The van der Waals surface area contributed by atoms with E-state index in [0.29, 0.717) is 38.7 Å². The predicted molar refractivity (Wildman–Crippen MR) is 136 cm³/mol. The van der Waals surface area contributed by atoms with Crippen LogP contribution < -0.4 is 10.5 Å². The molecule has 174 valence electrons. The molecule has 1 amide bonds. The Kier molecular flexibility index (Phi) is 6.28. The van der Waals surface area contributed by atoms with Crippen molar-refractivity contribution in [1.29, 1.82) is 0 Å². The number of fused-ring (bicyclic) bond motifs is 1. The van der Waals surface area contributed by atoms with Crippen LogP contribution in [0.2, 0.25) is 0 Å². The zero-order chi connectivity index (χ0) is 23.1. The van der Waals surface area contributed by atoms with Gasteiger partial charge in [0.1, 0.15) is 15.8 Å². The molecular weight excluding hydrogens is 456 g/mol.